The average molecular weight is 431 g/mol. The van der Waals surface area contributed by atoms with E-state index in [1.54, 1.807) is 18.2 Å². The molecule has 29 heavy (non-hydrogen) atoms. The molecule has 1 N–H and O–H groups in total. The molecular formula is C19H18ClF3N2O4. The van der Waals surface area contributed by atoms with Crippen molar-refractivity contribution in [1.82, 2.24) is 0 Å². The van der Waals surface area contributed by atoms with E-state index in [0.29, 0.717) is 23.7 Å². The molecule has 10 heteroatoms. The average Bonchev–Trinajstić information content (AvgIpc) is 2.67. The fourth-order valence-corrected chi connectivity index (χ4v) is 2.48. The van der Waals surface area contributed by atoms with Crippen molar-refractivity contribution in [2.45, 2.75) is 13.1 Å². The molecule has 0 bridgehead atoms. The highest BCUT2D eigenvalue weighted by atomic mass is 35.5. The number of carbonyl (C=O) groups excluding carboxylic acids is 1. The summed E-state index contributed by atoms with van der Waals surface area (Å²) in [6.07, 6.45) is -3.27. The number of benzene rings is 2. The van der Waals surface area contributed by atoms with E-state index in [1.165, 1.54) is 19.4 Å². The van der Waals surface area contributed by atoms with Gasteiger partial charge in [0.15, 0.2) is 18.1 Å². The maximum atomic E-state index is 12.8. The van der Waals surface area contributed by atoms with Crippen LogP contribution in [0.1, 0.15) is 18.1 Å². The molecule has 0 aliphatic rings. The molecular weight excluding hydrogens is 413 g/mol. The Kier molecular flexibility index (Phi) is 7.72. The first kappa shape index (κ1) is 22.4. The zero-order valence-electron chi connectivity index (χ0n) is 15.5. The number of hydrogen-bond donors (Lipinski definition) is 1. The van der Waals surface area contributed by atoms with E-state index in [9.17, 15) is 18.0 Å². The number of amides is 1. The molecule has 156 valence electrons. The lowest BCUT2D eigenvalue weighted by molar-refractivity contribution is -0.137. The molecule has 0 aromatic heterocycles. The van der Waals surface area contributed by atoms with Crippen LogP contribution < -0.4 is 14.8 Å². The van der Waals surface area contributed by atoms with Gasteiger partial charge in [0.1, 0.15) is 0 Å². The molecule has 0 unspecified atom stereocenters. The Morgan fingerprint density at radius 3 is 2.62 bits per heavy atom. The molecule has 0 fully saturated rings. The maximum Gasteiger partial charge on any atom is 0.417 e. The van der Waals surface area contributed by atoms with Crippen molar-refractivity contribution in [1.29, 1.82) is 0 Å². The van der Waals surface area contributed by atoms with Crippen LogP contribution in [0.5, 0.6) is 11.5 Å². The van der Waals surface area contributed by atoms with E-state index in [0.717, 1.165) is 12.1 Å². The predicted molar refractivity (Wildman–Crippen MR) is 103 cm³/mol. The summed E-state index contributed by atoms with van der Waals surface area (Å²) < 4.78 is 49.1. The zero-order valence-corrected chi connectivity index (χ0v) is 16.3. The fraction of sp³-hybridized carbons (Fsp3) is 0.263. The van der Waals surface area contributed by atoms with Crippen LogP contribution in [0.25, 0.3) is 0 Å². The maximum absolute atomic E-state index is 12.8. The largest absolute Gasteiger partial charge is 0.493 e. The van der Waals surface area contributed by atoms with Gasteiger partial charge in [-0.25, -0.2) is 0 Å². The Hall–Kier alpha value is -2.94. The number of ether oxygens (including phenoxy) is 2. The van der Waals surface area contributed by atoms with Gasteiger partial charge in [0, 0.05) is 11.3 Å². The molecule has 0 saturated heterocycles. The minimum Gasteiger partial charge on any atom is -0.493 e. The predicted octanol–water partition coefficient (Wildman–Crippen LogP) is 4.76. The van der Waals surface area contributed by atoms with Crippen LogP contribution in [-0.4, -0.2) is 32.4 Å². The summed E-state index contributed by atoms with van der Waals surface area (Å²) >= 11 is 5.53. The first-order valence-electron chi connectivity index (χ1n) is 8.37. The number of halogens is 4. The second kappa shape index (κ2) is 10.0. The molecule has 0 heterocycles. The molecule has 2 aromatic carbocycles. The minimum atomic E-state index is -4.63. The molecule has 0 spiro atoms. The van der Waals surface area contributed by atoms with Crippen molar-refractivity contribution < 1.29 is 32.3 Å². The summed E-state index contributed by atoms with van der Waals surface area (Å²) in [6, 6.07) is 8.14. The van der Waals surface area contributed by atoms with Crippen molar-refractivity contribution in [3.05, 3.63) is 52.5 Å². The molecule has 0 atom stereocenters. The molecule has 0 aliphatic heterocycles. The van der Waals surface area contributed by atoms with Crippen LogP contribution in [-0.2, 0) is 15.8 Å². The highest BCUT2D eigenvalue weighted by Gasteiger charge is 2.33. The Morgan fingerprint density at radius 2 is 1.97 bits per heavy atom. The van der Waals surface area contributed by atoms with E-state index in [2.05, 4.69) is 10.5 Å². The summed E-state index contributed by atoms with van der Waals surface area (Å²) in [6.45, 7) is 1.84. The normalized spacial score (nSPS) is 11.4. The third-order valence-corrected chi connectivity index (χ3v) is 3.84. The molecule has 2 rings (SSSR count). The zero-order chi connectivity index (χ0) is 21.4. The van der Waals surface area contributed by atoms with Crippen LogP contribution >= 0.6 is 11.6 Å². The van der Waals surface area contributed by atoms with E-state index in [1.807, 2.05) is 6.92 Å². The van der Waals surface area contributed by atoms with E-state index in [4.69, 9.17) is 25.9 Å². The highest BCUT2D eigenvalue weighted by molar-refractivity contribution is 6.31. The second-order valence-electron chi connectivity index (χ2n) is 5.59. The number of nitrogens with zero attached hydrogens (tertiary/aromatic N) is 1. The van der Waals surface area contributed by atoms with Crippen molar-refractivity contribution >= 4 is 29.4 Å². The first-order valence-corrected chi connectivity index (χ1v) is 8.75. The number of oxime groups is 1. The van der Waals surface area contributed by atoms with Gasteiger partial charge < -0.3 is 19.6 Å². The number of anilines is 1. The molecule has 2 aromatic rings. The number of nitrogens with one attached hydrogen (secondary N) is 1. The number of rotatable bonds is 8. The summed E-state index contributed by atoms with van der Waals surface area (Å²) in [5, 5.41) is 5.49. The van der Waals surface area contributed by atoms with Gasteiger partial charge in [0.25, 0.3) is 5.91 Å². The van der Waals surface area contributed by atoms with Gasteiger partial charge in [0.2, 0.25) is 0 Å². The lowest BCUT2D eigenvalue weighted by Gasteiger charge is -2.11. The SMILES string of the molecule is CCOc1ccc(/C=N/OCC(=O)Nc2ccc(Cl)c(C(F)(F)F)c2)cc1OC. The van der Waals surface area contributed by atoms with E-state index >= 15 is 0 Å². The van der Waals surface area contributed by atoms with Gasteiger partial charge in [-0.05, 0) is 43.3 Å². The third-order valence-electron chi connectivity index (χ3n) is 3.51. The van der Waals surface area contributed by atoms with Crippen molar-refractivity contribution in [3.8, 4) is 11.5 Å². The van der Waals surface area contributed by atoms with Crippen LogP contribution in [0, 0.1) is 0 Å². The van der Waals surface area contributed by atoms with Crippen LogP contribution in [0.15, 0.2) is 41.6 Å². The fourth-order valence-electron chi connectivity index (χ4n) is 2.25. The topological polar surface area (TPSA) is 69.2 Å². The smallest absolute Gasteiger partial charge is 0.417 e. The Morgan fingerprint density at radius 1 is 1.21 bits per heavy atom. The van der Waals surface area contributed by atoms with Crippen LogP contribution in [0.4, 0.5) is 18.9 Å². The van der Waals surface area contributed by atoms with Crippen molar-refractivity contribution in [2.24, 2.45) is 5.16 Å². The van der Waals surface area contributed by atoms with Crippen LogP contribution in [0.3, 0.4) is 0 Å². The van der Waals surface area contributed by atoms with Gasteiger partial charge >= 0.3 is 6.18 Å². The minimum absolute atomic E-state index is 0.0597. The number of alkyl halides is 3. The molecule has 0 radical (unpaired) electrons. The van der Waals surface area contributed by atoms with Gasteiger partial charge in [0.05, 0.1) is 30.5 Å². The molecule has 6 nitrogen and oxygen atoms in total. The number of methoxy groups -OCH3 is 1. The lowest BCUT2D eigenvalue weighted by Crippen LogP contribution is -2.17. The van der Waals surface area contributed by atoms with Gasteiger partial charge in [-0.15, -0.1) is 0 Å². The third kappa shape index (κ3) is 6.56. The Balaban J connectivity index is 1.92. The lowest BCUT2D eigenvalue weighted by atomic mass is 10.2. The summed E-state index contributed by atoms with van der Waals surface area (Å²) in [5.74, 6) is 0.409. The van der Waals surface area contributed by atoms with E-state index in [-0.39, 0.29) is 5.69 Å². The Bertz CT molecular complexity index is 888. The van der Waals surface area contributed by atoms with Gasteiger partial charge in [-0.3, -0.25) is 4.79 Å². The number of carbonyl (C=O) groups is 1. The van der Waals surface area contributed by atoms with Gasteiger partial charge in [-0.1, -0.05) is 16.8 Å². The summed E-state index contributed by atoms with van der Waals surface area (Å²) in [7, 11) is 1.50. The molecule has 1 amide bonds. The quantitative estimate of drug-likeness (QED) is 0.484. The van der Waals surface area contributed by atoms with Crippen molar-refractivity contribution in [2.75, 3.05) is 25.6 Å². The molecule has 0 aliphatic carbocycles. The highest BCUT2D eigenvalue weighted by Crippen LogP contribution is 2.36. The van der Waals surface area contributed by atoms with Gasteiger partial charge in [-0.2, -0.15) is 13.2 Å². The van der Waals surface area contributed by atoms with E-state index < -0.39 is 29.3 Å². The monoisotopic (exact) mass is 430 g/mol. The number of hydrogen-bond acceptors (Lipinski definition) is 5. The summed E-state index contributed by atoms with van der Waals surface area (Å²) in [5.41, 5.74) is -0.464. The van der Waals surface area contributed by atoms with Crippen LogP contribution in [0.2, 0.25) is 5.02 Å². The second-order valence-corrected chi connectivity index (χ2v) is 6.00. The first-order chi connectivity index (χ1) is 13.7. The molecule has 0 saturated carbocycles. The standard InChI is InChI=1S/C19H18ClF3N2O4/c1-3-28-16-7-4-12(8-17(16)27-2)10-24-29-11-18(26)25-13-5-6-15(20)14(9-13)19(21,22)23/h4-10H,3,11H2,1-2H3,(H,25,26)/b24-10+. The Labute approximate surface area is 170 Å². The van der Waals surface area contributed by atoms with Crippen molar-refractivity contribution in [3.63, 3.8) is 0 Å². The summed E-state index contributed by atoms with van der Waals surface area (Å²) in [4.78, 5) is 16.7.